The standard InChI is InChI=1S/C16H18ClNO2S/c17-12-4-7-14-8-10-16(11-9-14)21(19,20)18-13-15-5-2-1-3-6-15/h1-3,5-6,8-11,18H,4,7,12-13H2. The summed E-state index contributed by atoms with van der Waals surface area (Å²) in [5, 5.41) is 0. The zero-order valence-corrected chi connectivity index (χ0v) is 13.2. The van der Waals surface area contributed by atoms with Gasteiger partial charge in [0.2, 0.25) is 10.0 Å². The van der Waals surface area contributed by atoms with E-state index in [0.29, 0.717) is 5.88 Å². The molecule has 0 fully saturated rings. The van der Waals surface area contributed by atoms with Gasteiger partial charge >= 0.3 is 0 Å². The molecule has 0 aliphatic carbocycles. The number of hydrogen-bond donors (Lipinski definition) is 1. The number of sulfonamides is 1. The second-order valence-corrected chi connectivity index (χ2v) is 6.89. The summed E-state index contributed by atoms with van der Waals surface area (Å²) in [6.07, 6.45) is 1.75. The summed E-state index contributed by atoms with van der Waals surface area (Å²) in [6, 6.07) is 16.4. The van der Waals surface area contributed by atoms with Gasteiger partial charge in [-0.2, -0.15) is 0 Å². The molecule has 0 aliphatic heterocycles. The van der Waals surface area contributed by atoms with Crippen molar-refractivity contribution in [1.29, 1.82) is 0 Å². The molecule has 0 amide bonds. The summed E-state index contributed by atoms with van der Waals surface area (Å²) in [4.78, 5) is 0.285. The molecule has 5 heteroatoms. The second-order valence-electron chi connectivity index (χ2n) is 4.75. The van der Waals surface area contributed by atoms with Crippen LogP contribution in [0.2, 0.25) is 0 Å². The van der Waals surface area contributed by atoms with Crippen LogP contribution in [0.4, 0.5) is 0 Å². The van der Waals surface area contributed by atoms with Gasteiger partial charge in [-0.1, -0.05) is 42.5 Å². The van der Waals surface area contributed by atoms with Gasteiger partial charge in [0, 0.05) is 12.4 Å². The average molecular weight is 324 g/mol. The molecule has 0 spiro atoms. The van der Waals surface area contributed by atoms with Gasteiger partial charge < -0.3 is 0 Å². The first-order chi connectivity index (χ1) is 10.1. The Morgan fingerprint density at radius 3 is 2.19 bits per heavy atom. The van der Waals surface area contributed by atoms with E-state index in [-0.39, 0.29) is 11.4 Å². The molecule has 1 N–H and O–H groups in total. The topological polar surface area (TPSA) is 46.2 Å². The van der Waals surface area contributed by atoms with Crippen molar-refractivity contribution in [2.24, 2.45) is 0 Å². The highest BCUT2D eigenvalue weighted by molar-refractivity contribution is 7.89. The van der Waals surface area contributed by atoms with Crippen LogP contribution in [0.5, 0.6) is 0 Å². The molecular weight excluding hydrogens is 306 g/mol. The van der Waals surface area contributed by atoms with Crippen molar-refractivity contribution in [3.63, 3.8) is 0 Å². The molecule has 0 aromatic heterocycles. The fraction of sp³-hybridized carbons (Fsp3) is 0.250. The maximum Gasteiger partial charge on any atom is 0.240 e. The van der Waals surface area contributed by atoms with Crippen molar-refractivity contribution in [3.05, 3.63) is 65.7 Å². The summed E-state index contributed by atoms with van der Waals surface area (Å²) in [6.45, 7) is 0.289. The van der Waals surface area contributed by atoms with Crippen LogP contribution in [-0.2, 0) is 23.0 Å². The number of nitrogens with one attached hydrogen (secondary N) is 1. The fourth-order valence-electron chi connectivity index (χ4n) is 1.96. The molecule has 0 bridgehead atoms. The zero-order chi connectivity index (χ0) is 15.1. The molecule has 3 nitrogen and oxygen atoms in total. The van der Waals surface area contributed by atoms with Crippen LogP contribution in [0.3, 0.4) is 0 Å². The first-order valence-corrected chi connectivity index (χ1v) is 8.82. The third-order valence-electron chi connectivity index (χ3n) is 3.14. The minimum absolute atomic E-state index is 0.285. The Hall–Kier alpha value is -1.36. The molecular formula is C16H18ClNO2S. The SMILES string of the molecule is O=S(=O)(NCc1ccccc1)c1ccc(CCCCl)cc1. The van der Waals surface area contributed by atoms with E-state index in [2.05, 4.69) is 4.72 Å². The van der Waals surface area contributed by atoms with Gasteiger partial charge in [-0.05, 0) is 36.1 Å². The van der Waals surface area contributed by atoms with Gasteiger partial charge in [0.05, 0.1) is 4.90 Å². The van der Waals surface area contributed by atoms with E-state index < -0.39 is 10.0 Å². The van der Waals surface area contributed by atoms with Gasteiger partial charge in [-0.15, -0.1) is 11.6 Å². The first-order valence-electron chi connectivity index (χ1n) is 6.80. The number of aryl methyl sites for hydroxylation is 1. The summed E-state index contributed by atoms with van der Waals surface area (Å²) in [5.41, 5.74) is 2.03. The van der Waals surface area contributed by atoms with E-state index in [4.69, 9.17) is 11.6 Å². The molecule has 0 unspecified atom stereocenters. The molecule has 2 aromatic rings. The molecule has 0 radical (unpaired) electrons. The lowest BCUT2D eigenvalue weighted by molar-refractivity contribution is 0.581. The normalized spacial score (nSPS) is 11.5. The minimum atomic E-state index is -3.47. The summed E-state index contributed by atoms with van der Waals surface area (Å²) < 4.78 is 27.0. The van der Waals surface area contributed by atoms with Crippen LogP contribution in [0.25, 0.3) is 0 Å². The van der Waals surface area contributed by atoms with E-state index in [1.807, 2.05) is 42.5 Å². The Balaban J connectivity index is 2.02. The van der Waals surface area contributed by atoms with E-state index in [0.717, 1.165) is 24.0 Å². The minimum Gasteiger partial charge on any atom is -0.207 e. The Morgan fingerprint density at radius 2 is 1.57 bits per heavy atom. The smallest absolute Gasteiger partial charge is 0.207 e. The highest BCUT2D eigenvalue weighted by Gasteiger charge is 2.13. The summed E-state index contributed by atoms with van der Waals surface area (Å²) >= 11 is 5.65. The quantitative estimate of drug-likeness (QED) is 0.794. The first kappa shape index (κ1) is 16.0. The zero-order valence-electron chi connectivity index (χ0n) is 11.6. The van der Waals surface area contributed by atoms with Crippen LogP contribution in [0.15, 0.2) is 59.5 Å². The van der Waals surface area contributed by atoms with Crippen LogP contribution in [0.1, 0.15) is 17.5 Å². The highest BCUT2D eigenvalue weighted by atomic mass is 35.5. The van der Waals surface area contributed by atoms with Gasteiger partial charge in [0.1, 0.15) is 0 Å². The molecule has 0 saturated carbocycles. The number of alkyl halides is 1. The third kappa shape index (κ3) is 4.84. The fourth-order valence-corrected chi connectivity index (χ4v) is 3.12. The van der Waals surface area contributed by atoms with Gasteiger partial charge in [-0.25, -0.2) is 13.1 Å². The van der Waals surface area contributed by atoms with Crippen LogP contribution < -0.4 is 4.72 Å². The third-order valence-corrected chi connectivity index (χ3v) is 4.83. The lowest BCUT2D eigenvalue weighted by Crippen LogP contribution is -2.23. The second kappa shape index (κ2) is 7.59. The molecule has 2 rings (SSSR count). The van der Waals surface area contributed by atoms with Crippen molar-refractivity contribution in [1.82, 2.24) is 4.72 Å². The molecule has 21 heavy (non-hydrogen) atoms. The Labute approximate surface area is 131 Å². The van der Waals surface area contributed by atoms with E-state index in [9.17, 15) is 8.42 Å². The predicted molar refractivity (Wildman–Crippen MR) is 86.0 cm³/mol. The summed E-state index contributed by atoms with van der Waals surface area (Å²) in [7, 11) is -3.47. The number of benzene rings is 2. The molecule has 112 valence electrons. The Bertz CT molecular complexity index is 654. The van der Waals surface area contributed by atoms with Crippen molar-refractivity contribution >= 4 is 21.6 Å². The average Bonchev–Trinajstić information content (AvgIpc) is 2.52. The van der Waals surface area contributed by atoms with Crippen LogP contribution in [0, 0.1) is 0 Å². The Kier molecular flexibility index (Phi) is 5.79. The van der Waals surface area contributed by atoms with Crippen LogP contribution >= 0.6 is 11.6 Å². The molecule has 0 heterocycles. The number of halogens is 1. The van der Waals surface area contributed by atoms with Gasteiger partial charge in [0.25, 0.3) is 0 Å². The summed E-state index contributed by atoms with van der Waals surface area (Å²) in [5.74, 6) is 0.610. The van der Waals surface area contributed by atoms with Crippen molar-refractivity contribution in [2.75, 3.05) is 5.88 Å². The van der Waals surface area contributed by atoms with Gasteiger partial charge in [0.15, 0.2) is 0 Å². The van der Waals surface area contributed by atoms with E-state index >= 15 is 0 Å². The van der Waals surface area contributed by atoms with Crippen molar-refractivity contribution in [2.45, 2.75) is 24.3 Å². The maximum atomic E-state index is 12.2. The molecule has 2 aromatic carbocycles. The monoisotopic (exact) mass is 323 g/mol. The molecule has 0 saturated heterocycles. The largest absolute Gasteiger partial charge is 0.240 e. The lowest BCUT2D eigenvalue weighted by Gasteiger charge is -2.08. The van der Waals surface area contributed by atoms with E-state index in [1.54, 1.807) is 12.1 Å². The predicted octanol–water partition coefficient (Wildman–Crippen LogP) is 3.34. The number of hydrogen-bond acceptors (Lipinski definition) is 2. The molecule has 0 aliphatic rings. The van der Waals surface area contributed by atoms with Gasteiger partial charge in [-0.3, -0.25) is 0 Å². The number of rotatable bonds is 7. The highest BCUT2D eigenvalue weighted by Crippen LogP contribution is 2.12. The van der Waals surface area contributed by atoms with Crippen molar-refractivity contribution < 1.29 is 8.42 Å². The maximum absolute atomic E-state index is 12.2. The molecule has 0 atom stereocenters. The van der Waals surface area contributed by atoms with Crippen LogP contribution in [-0.4, -0.2) is 14.3 Å². The lowest BCUT2D eigenvalue weighted by atomic mass is 10.1. The van der Waals surface area contributed by atoms with Crippen molar-refractivity contribution in [3.8, 4) is 0 Å². The Morgan fingerprint density at radius 1 is 0.905 bits per heavy atom. The van der Waals surface area contributed by atoms with E-state index in [1.165, 1.54) is 0 Å².